The van der Waals surface area contributed by atoms with Crippen molar-refractivity contribution in [1.82, 2.24) is 0 Å². The summed E-state index contributed by atoms with van der Waals surface area (Å²) in [4.78, 5) is 0. The van der Waals surface area contributed by atoms with Gasteiger partial charge >= 0.3 is 0 Å². The fourth-order valence-electron chi connectivity index (χ4n) is 3.23. The van der Waals surface area contributed by atoms with Gasteiger partial charge in [0.2, 0.25) is 0 Å². The summed E-state index contributed by atoms with van der Waals surface area (Å²) < 4.78 is 6.97. The first-order valence-corrected chi connectivity index (χ1v) is 7.81. The minimum Gasteiger partial charge on any atom is -0.390 e. The van der Waals surface area contributed by atoms with Gasteiger partial charge in [-0.3, -0.25) is 0 Å². The highest BCUT2D eigenvalue weighted by molar-refractivity contribution is 7.17. The molecule has 2 nitrogen and oxygen atoms in total. The molecule has 1 aromatic heterocycles. The standard InChI is InChI=1S/C16H20O2S/c1-18-16(8-4-5-9-16)15(17)10-12-11-19-14-7-3-2-6-13(12)14/h2-3,6-7,11,15,17H,4-5,8-10H2,1H3. The zero-order valence-corrected chi connectivity index (χ0v) is 12.1. The summed E-state index contributed by atoms with van der Waals surface area (Å²) in [5, 5.41) is 14.1. The fourth-order valence-corrected chi connectivity index (χ4v) is 4.21. The van der Waals surface area contributed by atoms with Crippen LogP contribution in [0.3, 0.4) is 0 Å². The van der Waals surface area contributed by atoms with Crippen LogP contribution in [0.4, 0.5) is 0 Å². The number of aliphatic hydroxyl groups is 1. The summed E-state index contributed by atoms with van der Waals surface area (Å²) >= 11 is 1.75. The van der Waals surface area contributed by atoms with Gasteiger partial charge in [0, 0.05) is 18.2 Å². The van der Waals surface area contributed by atoms with Gasteiger partial charge in [-0.05, 0) is 35.2 Å². The smallest absolute Gasteiger partial charge is 0.0939 e. The zero-order chi connectivity index (χ0) is 13.3. The third kappa shape index (κ3) is 2.31. The number of thiophene rings is 1. The van der Waals surface area contributed by atoms with E-state index in [4.69, 9.17) is 4.74 Å². The van der Waals surface area contributed by atoms with Gasteiger partial charge in [0.15, 0.2) is 0 Å². The Labute approximate surface area is 118 Å². The maximum atomic E-state index is 10.6. The Hall–Kier alpha value is -0.900. The molecule has 1 heterocycles. The van der Waals surface area contributed by atoms with E-state index in [0.717, 1.165) is 25.7 Å². The van der Waals surface area contributed by atoms with Gasteiger partial charge in [-0.1, -0.05) is 31.0 Å². The number of hydrogen-bond donors (Lipinski definition) is 1. The van der Waals surface area contributed by atoms with Crippen LogP contribution in [0.2, 0.25) is 0 Å². The molecule has 2 aromatic rings. The number of aliphatic hydroxyl groups excluding tert-OH is 1. The molecule has 0 aliphatic heterocycles. The number of rotatable bonds is 4. The zero-order valence-electron chi connectivity index (χ0n) is 11.3. The van der Waals surface area contributed by atoms with Gasteiger partial charge in [-0.25, -0.2) is 0 Å². The van der Waals surface area contributed by atoms with Crippen molar-refractivity contribution in [1.29, 1.82) is 0 Å². The van der Waals surface area contributed by atoms with Crippen LogP contribution in [0.25, 0.3) is 10.1 Å². The van der Waals surface area contributed by atoms with Gasteiger partial charge in [-0.2, -0.15) is 0 Å². The van der Waals surface area contributed by atoms with Crippen LogP contribution in [-0.4, -0.2) is 23.9 Å². The number of benzene rings is 1. The Bertz CT molecular complexity index is 555. The van der Waals surface area contributed by atoms with E-state index in [9.17, 15) is 5.11 Å². The summed E-state index contributed by atoms with van der Waals surface area (Å²) in [6.45, 7) is 0. The predicted molar refractivity (Wildman–Crippen MR) is 79.7 cm³/mol. The quantitative estimate of drug-likeness (QED) is 0.921. The Kier molecular flexibility index (Phi) is 3.61. The van der Waals surface area contributed by atoms with Crippen LogP contribution in [0.15, 0.2) is 29.6 Å². The predicted octanol–water partition coefficient (Wildman–Crippen LogP) is 3.76. The van der Waals surface area contributed by atoms with E-state index in [1.54, 1.807) is 18.4 Å². The molecular weight excluding hydrogens is 256 g/mol. The lowest BCUT2D eigenvalue weighted by molar-refractivity contribution is -0.0969. The minimum absolute atomic E-state index is 0.316. The third-order valence-electron chi connectivity index (χ3n) is 4.44. The monoisotopic (exact) mass is 276 g/mol. The highest BCUT2D eigenvalue weighted by Gasteiger charge is 2.40. The Morgan fingerprint density at radius 3 is 2.79 bits per heavy atom. The first-order chi connectivity index (χ1) is 9.25. The average molecular weight is 276 g/mol. The molecule has 1 N–H and O–H groups in total. The second kappa shape index (κ2) is 5.23. The molecule has 1 unspecified atom stereocenters. The minimum atomic E-state index is -0.405. The normalized spacial score (nSPS) is 19.9. The molecule has 1 saturated carbocycles. The van der Waals surface area contributed by atoms with Gasteiger partial charge in [0.05, 0.1) is 11.7 Å². The van der Waals surface area contributed by atoms with E-state index in [-0.39, 0.29) is 5.60 Å². The van der Waals surface area contributed by atoms with Crippen LogP contribution in [-0.2, 0) is 11.2 Å². The van der Waals surface area contributed by atoms with Crippen molar-refractivity contribution in [2.45, 2.75) is 43.8 Å². The van der Waals surface area contributed by atoms with Gasteiger partial charge in [-0.15, -0.1) is 11.3 Å². The van der Waals surface area contributed by atoms with Gasteiger partial charge in [0.25, 0.3) is 0 Å². The molecule has 1 aliphatic carbocycles. The largest absolute Gasteiger partial charge is 0.390 e. The van der Waals surface area contributed by atoms with Crippen molar-refractivity contribution in [2.24, 2.45) is 0 Å². The van der Waals surface area contributed by atoms with Crippen molar-refractivity contribution >= 4 is 21.4 Å². The molecule has 19 heavy (non-hydrogen) atoms. The topological polar surface area (TPSA) is 29.5 Å². The Morgan fingerprint density at radius 1 is 1.32 bits per heavy atom. The van der Waals surface area contributed by atoms with Crippen molar-refractivity contribution in [3.63, 3.8) is 0 Å². The summed E-state index contributed by atoms with van der Waals surface area (Å²) in [5.41, 5.74) is 0.930. The van der Waals surface area contributed by atoms with E-state index < -0.39 is 6.10 Å². The number of methoxy groups -OCH3 is 1. The molecule has 3 rings (SSSR count). The second-order valence-electron chi connectivity index (χ2n) is 5.45. The molecule has 3 heteroatoms. The summed E-state index contributed by atoms with van der Waals surface area (Å²) in [5.74, 6) is 0. The molecule has 0 saturated heterocycles. The van der Waals surface area contributed by atoms with Crippen molar-refractivity contribution in [3.8, 4) is 0 Å². The third-order valence-corrected chi connectivity index (χ3v) is 5.45. The molecular formula is C16H20O2S. The number of ether oxygens (including phenoxy) is 1. The molecule has 102 valence electrons. The molecule has 0 spiro atoms. The van der Waals surface area contributed by atoms with Crippen LogP contribution < -0.4 is 0 Å². The lowest BCUT2D eigenvalue weighted by atomic mass is 9.90. The maximum Gasteiger partial charge on any atom is 0.0939 e. The molecule has 1 atom stereocenters. The maximum absolute atomic E-state index is 10.6. The van der Waals surface area contributed by atoms with Crippen LogP contribution in [0.5, 0.6) is 0 Å². The van der Waals surface area contributed by atoms with Crippen molar-refractivity contribution in [3.05, 3.63) is 35.2 Å². The van der Waals surface area contributed by atoms with Crippen LogP contribution >= 0.6 is 11.3 Å². The highest BCUT2D eigenvalue weighted by Crippen LogP contribution is 2.38. The summed E-state index contributed by atoms with van der Waals surface area (Å²) in [6.07, 6.45) is 4.57. The van der Waals surface area contributed by atoms with E-state index in [2.05, 4.69) is 29.6 Å². The number of fused-ring (bicyclic) bond motifs is 1. The molecule has 1 aliphatic rings. The molecule has 0 bridgehead atoms. The molecule has 1 fully saturated rings. The summed E-state index contributed by atoms with van der Waals surface area (Å²) in [6, 6.07) is 8.40. The first kappa shape index (κ1) is 13.1. The molecule has 0 radical (unpaired) electrons. The Morgan fingerprint density at radius 2 is 2.05 bits per heavy atom. The second-order valence-corrected chi connectivity index (χ2v) is 6.36. The van der Waals surface area contributed by atoms with Crippen molar-refractivity contribution < 1.29 is 9.84 Å². The van der Waals surface area contributed by atoms with E-state index >= 15 is 0 Å². The fraction of sp³-hybridized carbons (Fsp3) is 0.500. The van der Waals surface area contributed by atoms with E-state index in [1.807, 2.05) is 0 Å². The van der Waals surface area contributed by atoms with E-state index in [0.29, 0.717) is 6.42 Å². The lowest BCUT2D eigenvalue weighted by Gasteiger charge is -2.32. The molecule has 1 aromatic carbocycles. The van der Waals surface area contributed by atoms with Crippen LogP contribution in [0.1, 0.15) is 31.2 Å². The highest BCUT2D eigenvalue weighted by atomic mass is 32.1. The lowest BCUT2D eigenvalue weighted by Crippen LogP contribution is -2.42. The van der Waals surface area contributed by atoms with Gasteiger partial charge < -0.3 is 9.84 Å². The van der Waals surface area contributed by atoms with Crippen LogP contribution in [0, 0.1) is 0 Å². The SMILES string of the molecule is COC1(C(O)Cc2csc3ccccc23)CCCC1. The number of hydrogen-bond acceptors (Lipinski definition) is 3. The first-order valence-electron chi connectivity index (χ1n) is 6.93. The van der Waals surface area contributed by atoms with Crippen molar-refractivity contribution in [2.75, 3.05) is 7.11 Å². The Balaban J connectivity index is 1.84. The van der Waals surface area contributed by atoms with Gasteiger partial charge in [0.1, 0.15) is 0 Å². The molecule has 0 amide bonds. The summed E-state index contributed by atoms with van der Waals surface area (Å²) in [7, 11) is 1.74. The average Bonchev–Trinajstić information content (AvgIpc) is 3.07. The van der Waals surface area contributed by atoms with E-state index in [1.165, 1.54) is 15.6 Å².